The van der Waals surface area contributed by atoms with E-state index in [4.69, 9.17) is 4.74 Å². The van der Waals surface area contributed by atoms with E-state index in [0.29, 0.717) is 0 Å². The third-order valence-corrected chi connectivity index (χ3v) is 4.19. The average molecular weight is 261 g/mol. The standard InChI is InChI=1S/C15H19NOS/c1-10-5-6-13(15(17-4)11(10)2)14-7-12(8-16-3)9-18-14/h5-7,9,16H,8H2,1-4H3. The van der Waals surface area contributed by atoms with Crippen LogP contribution in [0.1, 0.15) is 16.7 Å². The average Bonchev–Trinajstić information content (AvgIpc) is 2.81. The van der Waals surface area contributed by atoms with Crippen molar-refractivity contribution in [1.29, 1.82) is 0 Å². The van der Waals surface area contributed by atoms with Crippen LogP contribution in [0.4, 0.5) is 0 Å². The van der Waals surface area contributed by atoms with Crippen molar-refractivity contribution >= 4 is 11.3 Å². The Morgan fingerprint density at radius 2 is 2.06 bits per heavy atom. The summed E-state index contributed by atoms with van der Waals surface area (Å²) in [5, 5.41) is 5.37. The Morgan fingerprint density at radius 3 is 2.72 bits per heavy atom. The number of methoxy groups -OCH3 is 1. The minimum absolute atomic E-state index is 0.906. The molecular weight excluding hydrogens is 242 g/mol. The molecule has 1 heterocycles. The first-order chi connectivity index (χ1) is 8.67. The highest BCUT2D eigenvalue weighted by Crippen LogP contribution is 2.37. The summed E-state index contributed by atoms with van der Waals surface area (Å²) in [5.74, 6) is 0.993. The van der Waals surface area contributed by atoms with Crippen molar-refractivity contribution in [2.45, 2.75) is 20.4 Å². The van der Waals surface area contributed by atoms with Gasteiger partial charge in [-0.05, 0) is 55.1 Å². The van der Waals surface area contributed by atoms with Gasteiger partial charge in [0.25, 0.3) is 0 Å². The summed E-state index contributed by atoms with van der Waals surface area (Å²) in [5.41, 5.74) is 4.99. The summed E-state index contributed by atoms with van der Waals surface area (Å²) in [6, 6.07) is 6.54. The zero-order valence-corrected chi connectivity index (χ0v) is 12.1. The number of hydrogen-bond acceptors (Lipinski definition) is 3. The molecule has 0 unspecified atom stereocenters. The van der Waals surface area contributed by atoms with Gasteiger partial charge in [-0.25, -0.2) is 0 Å². The molecule has 2 rings (SSSR count). The topological polar surface area (TPSA) is 21.3 Å². The fourth-order valence-electron chi connectivity index (χ4n) is 2.06. The van der Waals surface area contributed by atoms with E-state index in [9.17, 15) is 0 Å². The number of nitrogens with one attached hydrogen (secondary N) is 1. The Hall–Kier alpha value is -1.32. The van der Waals surface area contributed by atoms with Gasteiger partial charge in [0.2, 0.25) is 0 Å². The Balaban J connectivity index is 2.46. The van der Waals surface area contributed by atoms with E-state index in [0.717, 1.165) is 12.3 Å². The van der Waals surface area contributed by atoms with E-state index in [1.165, 1.54) is 27.1 Å². The van der Waals surface area contributed by atoms with Crippen LogP contribution in [0, 0.1) is 13.8 Å². The lowest BCUT2D eigenvalue weighted by atomic mass is 10.0. The maximum absolute atomic E-state index is 5.57. The molecule has 0 saturated heterocycles. The van der Waals surface area contributed by atoms with E-state index < -0.39 is 0 Å². The Bertz CT molecular complexity index is 545. The Morgan fingerprint density at radius 1 is 1.28 bits per heavy atom. The van der Waals surface area contributed by atoms with E-state index in [1.54, 1.807) is 18.4 Å². The summed E-state index contributed by atoms with van der Waals surface area (Å²) in [7, 11) is 3.71. The van der Waals surface area contributed by atoms with Crippen molar-refractivity contribution in [3.05, 3.63) is 40.3 Å². The van der Waals surface area contributed by atoms with Crippen LogP contribution in [0.2, 0.25) is 0 Å². The fraction of sp³-hybridized carbons (Fsp3) is 0.333. The lowest BCUT2D eigenvalue weighted by Gasteiger charge is -2.12. The summed E-state index contributed by atoms with van der Waals surface area (Å²) in [6.45, 7) is 5.13. The van der Waals surface area contributed by atoms with Crippen molar-refractivity contribution in [3.63, 3.8) is 0 Å². The lowest BCUT2D eigenvalue weighted by molar-refractivity contribution is 0.413. The molecule has 0 aliphatic carbocycles. The number of aryl methyl sites for hydroxylation is 1. The van der Waals surface area contributed by atoms with Gasteiger partial charge in [0.15, 0.2) is 0 Å². The minimum Gasteiger partial charge on any atom is -0.496 e. The maximum Gasteiger partial charge on any atom is 0.130 e. The molecule has 2 aromatic rings. The van der Waals surface area contributed by atoms with Crippen LogP contribution in [0.3, 0.4) is 0 Å². The molecule has 1 aromatic carbocycles. The first-order valence-electron chi connectivity index (χ1n) is 6.04. The molecule has 18 heavy (non-hydrogen) atoms. The van der Waals surface area contributed by atoms with Crippen LogP contribution in [0.25, 0.3) is 10.4 Å². The minimum atomic E-state index is 0.906. The van der Waals surface area contributed by atoms with Crippen molar-refractivity contribution in [1.82, 2.24) is 5.32 Å². The van der Waals surface area contributed by atoms with Gasteiger partial charge < -0.3 is 10.1 Å². The fourth-order valence-corrected chi connectivity index (χ4v) is 3.00. The van der Waals surface area contributed by atoms with E-state index in [2.05, 4.69) is 42.7 Å². The molecule has 3 heteroatoms. The molecule has 0 saturated carbocycles. The number of ether oxygens (including phenoxy) is 1. The van der Waals surface area contributed by atoms with Gasteiger partial charge in [-0.3, -0.25) is 0 Å². The quantitative estimate of drug-likeness (QED) is 0.905. The van der Waals surface area contributed by atoms with Gasteiger partial charge in [-0.15, -0.1) is 11.3 Å². The predicted octanol–water partition coefficient (Wildman–Crippen LogP) is 3.76. The SMILES string of the molecule is CNCc1csc(-c2ccc(C)c(C)c2OC)c1. The van der Waals surface area contributed by atoms with E-state index in [-0.39, 0.29) is 0 Å². The molecule has 0 amide bonds. The van der Waals surface area contributed by atoms with Crippen LogP contribution in [-0.2, 0) is 6.54 Å². The van der Waals surface area contributed by atoms with Gasteiger partial charge in [0, 0.05) is 17.0 Å². The third kappa shape index (κ3) is 2.42. The summed E-state index contributed by atoms with van der Waals surface area (Å²) in [4.78, 5) is 1.26. The number of hydrogen-bond donors (Lipinski definition) is 1. The van der Waals surface area contributed by atoms with Crippen molar-refractivity contribution in [3.8, 4) is 16.2 Å². The van der Waals surface area contributed by atoms with Gasteiger partial charge in [0.1, 0.15) is 5.75 Å². The summed E-state index contributed by atoms with van der Waals surface area (Å²) >= 11 is 1.77. The number of rotatable bonds is 4. The van der Waals surface area contributed by atoms with Crippen molar-refractivity contribution in [2.75, 3.05) is 14.2 Å². The second-order valence-corrected chi connectivity index (χ2v) is 5.35. The van der Waals surface area contributed by atoms with Gasteiger partial charge in [-0.2, -0.15) is 0 Å². The van der Waals surface area contributed by atoms with E-state index in [1.807, 2.05) is 7.05 Å². The smallest absolute Gasteiger partial charge is 0.130 e. The first-order valence-corrected chi connectivity index (χ1v) is 6.92. The third-order valence-electron chi connectivity index (χ3n) is 3.18. The summed E-state index contributed by atoms with van der Waals surface area (Å²) < 4.78 is 5.57. The van der Waals surface area contributed by atoms with Crippen LogP contribution in [-0.4, -0.2) is 14.2 Å². The predicted molar refractivity (Wildman–Crippen MR) is 78.5 cm³/mol. The number of thiophene rings is 1. The first kappa shape index (κ1) is 13.1. The van der Waals surface area contributed by atoms with Crippen LogP contribution < -0.4 is 10.1 Å². The lowest BCUT2D eigenvalue weighted by Crippen LogP contribution is -2.03. The number of benzene rings is 1. The van der Waals surface area contributed by atoms with Crippen molar-refractivity contribution < 1.29 is 4.74 Å². The van der Waals surface area contributed by atoms with Crippen molar-refractivity contribution in [2.24, 2.45) is 0 Å². The Labute approximate surface area is 113 Å². The molecule has 0 bridgehead atoms. The zero-order valence-electron chi connectivity index (χ0n) is 11.3. The molecule has 0 fully saturated rings. The van der Waals surface area contributed by atoms with Crippen LogP contribution >= 0.6 is 11.3 Å². The summed E-state index contributed by atoms with van der Waals surface area (Å²) in [6.07, 6.45) is 0. The molecule has 0 radical (unpaired) electrons. The molecular formula is C15H19NOS. The molecule has 96 valence electrons. The highest BCUT2D eigenvalue weighted by Gasteiger charge is 2.12. The van der Waals surface area contributed by atoms with E-state index >= 15 is 0 Å². The highest BCUT2D eigenvalue weighted by atomic mass is 32.1. The zero-order chi connectivity index (χ0) is 13.1. The van der Waals surface area contributed by atoms with Gasteiger partial charge >= 0.3 is 0 Å². The Kier molecular flexibility index (Phi) is 4.04. The van der Waals surface area contributed by atoms with Gasteiger partial charge in [-0.1, -0.05) is 6.07 Å². The molecule has 1 N–H and O–H groups in total. The molecule has 0 aliphatic heterocycles. The molecule has 0 atom stereocenters. The molecule has 1 aromatic heterocycles. The normalized spacial score (nSPS) is 10.7. The second kappa shape index (κ2) is 5.55. The monoisotopic (exact) mass is 261 g/mol. The molecule has 0 aliphatic rings. The van der Waals surface area contributed by atoms with Crippen LogP contribution in [0.5, 0.6) is 5.75 Å². The molecule has 0 spiro atoms. The second-order valence-electron chi connectivity index (χ2n) is 4.44. The largest absolute Gasteiger partial charge is 0.496 e. The highest BCUT2D eigenvalue weighted by molar-refractivity contribution is 7.13. The van der Waals surface area contributed by atoms with Crippen LogP contribution in [0.15, 0.2) is 23.6 Å². The van der Waals surface area contributed by atoms with Gasteiger partial charge in [0.05, 0.1) is 7.11 Å². The maximum atomic E-state index is 5.57. The molecule has 2 nitrogen and oxygen atoms in total.